The molecule has 4 nitrogen and oxygen atoms in total. The van der Waals surface area contributed by atoms with Crippen molar-refractivity contribution < 1.29 is 9.53 Å². The second-order valence-electron chi connectivity index (χ2n) is 7.68. The average Bonchev–Trinajstić information content (AvgIpc) is 2.45. The van der Waals surface area contributed by atoms with Crippen LogP contribution in [0, 0.1) is 11.3 Å². The van der Waals surface area contributed by atoms with Crippen LogP contribution in [0.2, 0.25) is 0 Å². The van der Waals surface area contributed by atoms with Gasteiger partial charge < -0.3 is 15.4 Å². The molecule has 2 aliphatic rings. The van der Waals surface area contributed by atoms with E-state index in [4.69, 9.17) is 10.5 Å². The number of hydrogen-bond acceptors (Lipinski definition) is 3. The van der Waals surface area contributed by atoms with E-state index in [1.165, 1.54) is 12.8 Å². The zero-order chi connectivity index (χ0) is 15.8. The third-order valence-corrected chi connectivity index (χ3v) is 5.99. The molecule has 0 heterocycles. The summed E-state index contributed by atoms with van der Waals surface area (Å²) in [5, 5.41) is 0. The maximum atomic E-state index is 13.0. The third kappa shape index (κ3) is 2.72. The van der Waals surface area contributed by atoms with Crippen molar-refractivity contribution >= 4 is 5.91 Å². The molecule has 2 saturated carbocycles. The first-order chi connectivity index (χ1) is 9.74. The summed E-state index contributed by atoms with van der Waals surface area (Å²) in [5.41, 5.74) is 5.44. The summed E-state index contributed by atoms with van der Waals surface area (Å²) < 4.78 is 5.73. The first-order valence-electron chi connectivity index (χ1n) is 8.41. The highest BCUT2D eigenvalue weighted by molar-refractivity contribution is 5.89. The van der Waals surface area contributed by atoms with E-state index in [1.807, 2.05) is 18.9 Å². The van der Waals surface area contributed by atoms with Gasteiger partial charge in [0.15, 0.2) is 0 Å². The van der Waals surface area contributed by atoms with Gasteiger partial charge in [0.1, 0.15) is 5.54 Å². The number of hydrogen-bond donors (Lipinski definition) is 1. The Labute approximate surface area is 129 Å². The van der Waals surface area contributed by atoms with Crippen LogP contribution >= 0.6 is 0 Å². The Morgan fingerprint density at radius 2 is 2.05 bits per heavy atom. The molecule has 1 amide bonds. The molecule has 4 unspecified atom stereocenters. The second kappa shape index (κ2) is 5.88. The fourth-order valence-corrected chi connectivity index (χ4v) is 4.03. The van der Waals surface area contributed by atoms with Crippen LogP contribution in [0.15, 0.2) is 0 Å². The molecular weight excluding hydrogens is 264 g/mol. The van der Waals surface area contributed by atoms with Gasteiger partial charge in [0.2, 0.25) is 5.91 Å². The summed E-state index contributed by atoms with van der Waals surface area (Å²) in [4.78, 5) is 14.9. The second-order valence-corrected chi connectivity index (χ2v) is 7.68. The molecule has 4 atom stereocenters. The third-order valence-electron chi connectivity index (χ3n) is 5.99. The van der Waals surface area contributed by atoms with Crippen LogP contribution in [0.5, 0.6) is 0 Å². The van der Waals surface area contributed by atoms with Crippen molar-refractivity contribution in [3.63, 3.8) is 0 Å². The monoisotopic (exact) mass is 296 g/mol. The standard InChI is InChI=1S/C17H32N2O2/c1-6-21-14-11-17(18,16(14,3)4)15(20)19(5)13-9-7-8-12(2)10-13/h12-14H,6-11,18H2,1-5H3. The maximum absolute atomic E-state index is 13.0. The fraction of sp³-hybridized carbons (Fsp3) is 0.941. The van der Waals surface area contributed by atoms with Crippen LogP contribution in [0.4, 0.5) is 0 Å². The molecule has 4 heteroatoms. The number of likely N-dealkylation sites (N-methyl/N-ethyl adjacent to an activating group) is 1. The van der Waals surface area contributed by atoms with Gasteiger partial charge in [-0.15, -0.1) is 0 Å². The van der Waals surface area contributed by atoms with Crippen LogP contribution in [0.1, 0.15) is 59.8 Å². The number of nitrogens with zero attached hydrogens (tertiary/aromatic N) is 1. The number of rotatable bonds is 4. The SMILES string of the molecule is CCOC1CC(N)(C(=O)N(C)C2CCCC(C)C2)C1(C)C. The Bertz CT molecular complexity index is 396. The smallest absolute Gasteiger partial charge is 0.243 e. The zero-order valence-electron chi connectivity index (χ0n) is 14.3. The summed E-state index contributed by atoms with van der Waals surface area (Å²) in [7, 11) is 1.93. The first-order valence-corrected chi connectivity index (χ1v) is 8.41. The van der Waals surface area contributed by atoms with Crippen LogP contribution in [0.25, 0.3) is 0 Å². The molecule has 0 saturated heterocycles. The molecule has 21 heavy (non-hydrogen) atoms. The number of nitrogens with two attached hydrogens (primary N) is 1. The molecule has 0 spiro atoms. The molecule has 122 valence electrons. The summed E-state index contributed by atoms with van der Waals surface area (Å²) in [6.07, 6.45) is 5.44. The lowest BCUT2D eigenvalue weighted by Gasteiger charge is -2.59. The molecule has 2 fully saturated rings. The number of carbonyl (C=O) groups excluding carboxylic acids is 1. The van der Waals surface area contributed by atoms with Gasteiger partial charge in [-0.2, -0.15) is 0 Å². The molecule has 2 aliphatic carbocycles. The quantitative estimate of drug-likeness (QED) is 0.867. The van der Waals surface area contributed by atoms with Crippen molar-refractivity contribution in [3.05, 3.63) is 0 Å². The number of amides is 1. The van der Waals surface area contributed by atoms with Crippen LogP contribution in [0.3, 0.4) is 0 Å². The van der Waals surface area contributed by atoms with Crippen molar-refractivity contribution in [2.24, 2.45) is 17.1 Å². The minimum atomic E-state index is -0.776. The first kappa shape index (κ1) is 16.8. The lowest BCUT2D eigenvalue weighted by atomic mass is 9.54. The van der Waals surface area contributed by atoms with E-state index < -0.39 is 5.54 Å². The molecule has 0 bridgehead atoms. The molecule has 0 aliphatic heterocycles. The lowest BCUT2D eigenvalue weighted by Crippen LogP contribution is -2.76. The predicted molar refractivity (Wildman–Crippen MR) is 84.9 cm³/mol. The molecule has 0 radical (unpaired) electrons. The topological polar surface area (TPSA) is 55.6 Å². The van der Waals surface area contributed by atoms with E-state index in [0.717, 1.165) is 12.8 Å². The highest BCUT2D eigenvalue weighted by atomic mass is 16.5. The Hall–Kier alpha value is -0.610. The van der Waals surface area contributed by atoms with E-state index >= 15 is 0 Å². The summed E-state index contributed by atoms with van der Waals surface area (Å²) in [6, 6.07) is 0.351. The Morgan fingerprint density at radius 1 is 1.38 bits per heavy atom. The van der Waals surface area contributed by atoms with Crippen LogP contribution in [-0.2, 0) is 9.53 Å². The maximum Gasteiger partial charge on any atom is 0.243 e. The van der Waals surface area contributed by atoms with Gasteiger partial charge in [-0.25, -0.2) is 0 Å². The van der Waals surface area contributed by atoms with Gasteiger partial charge in [-0.1, -0.05) is 33.6 Å². The van der Waals surface area contributed by atoms with Crippen molar-refractivity contribution in [2.45, 2.75) is 77.5 Å². The van der Waals surface area contributed by atoms with Crippen molar-refractivity contribution in [1.29, 1.82) is 0 Å². The van der Waals surface area contributed by atoms with Crippen molar-refractivity contribution in [2.75, 3.05) is 13.7 Å². The molecule has 0 aromatic heterocycles. The van der Waals surface area contributed by atoms with Gasteiger partial charge in [0, 0.05) is 31.5 Å². The van der Waals surface area contributed by atoms with E-state index in [9.17, 15) is 4.79 Å². The average molecular weight is 296 g/mol. The zero-order valence-corrected chi connectivity index (χ0v) is 14.3. The Kier molecular flexibility index (Phi) is 4.69. The molecule has 2 rings (SSSR count). The molecule has 2 N–H and O–H groups in total. The van der Waals surface area contributed by atoms with Crippen molar-refractivity contribution in [1.82, 2.24) is 4.90 Å². The fourth-order valence-electron chi connectivity index (χ4n) is 4.03. The van der Waals surface area contributed by atoms with Gasteiger partial charge in [-0.3, -0.25) is 4.79 Å². The highest BCUT2D eigenvalue weighted by Gasteiger charge is 2.63. The summed E-state index contributed by atoms with van der Waals surface area (Å²) in [5.74, 6) is 0.806. The van der Waals surface area contributed by atoms with Gasteiger partial charge in [-0.05, 0) is 25.7 Å². The summed E-state index contributed by atoms with van der Waals surface area (Å²) in [6.45, 7) is 9.07. The van der Waals surface area contributed by atoms with Crippen molar-refractivity contribution in [3.8, 4) is 0 Å². The largest absolute Gasteiger partial charge is 0.378 e. The van der Waals surface area contributed by atoms with E-state index in [1.54, 1.807) is 0 Å². The van der Waals surface area contributed by atoms with E-state index in [0.29, 0.717) is 25.0 Å². The summed E-state index contributed by atoms with van der Waals surface area (Å²) >= 11 is 0. The number of carbonyl (C=O) groups is 1. The lowest BCUT2D eigenvalue weighted by molar-refractivity contribution is -0.180. The Balaban J connectivity index is 2.05. The Morgan fingerprint density at radius 3 is 2.57 bits per heavy atom. The highest BCUT2D eigenvalue weighted by Crippen LogP contribution is 2.50. The number of ether oxygens (including phenoxy) is 1. The van der Waals surface area contributed by atoms with Crippen LogP contribution in [-0.4, -0.2) is 42.1 Å². The van der Waals surface area contributed by atoms with Gasteiger partial charge in [0.05, 0.1) is 6.10 Å². The van der Waals surface area contributed by atoms with E-state index in [-0.39, 0.29) is 17.4 Å². The normalized spacial score (nSPS) is 38.7. The molecule has 0 aromatic carbocycles. The molecular formula is C17H32N2O2. The minimum absolute atomic E-state index is 0.0927. The molecule has 0 aromatic rings. The van der Waals surface area contributed by atoms with Gasteiger partial charge >= 0.3 is 0 Å². The van der Waals surface area contributed by atoms with E-state index in [2.05, 4.69) is 20.8 Å². The minimum Gasteiger partial charge on any atom is -0.378 e. The predicted octanol–water partition coefficient (Wildman–Crippen LogP) is 2.56. The van der Waals surface area contributed by atoms with Crippen LogP contribution < -0.4 is 5.73 Å². The van der Waals surface area contributed by atoms with Gasteiger partial charge in [0.25, 0.3) is 0 Å².